The Labute approximate surface area is 214 Å². The molecule has 186 valence electrons. The normalized spacial score (nSPS) is 14.7. The molecule has 5 rings (SSSR count). The number of amides is 1. The molecule has 2 aromatic heterocycles. The van der Waals surface area contributed by atoms with E-state index < -0.39 is 10.0 Å². The third kappa shape index (κ3) is 4.99. The lowest BCUT2D eigenvalue weighted by Gasteiger charge is -2.26. The van der Waals surface area contributed by atoms with Gasteiger partial charge in [0.15, 0.2) is 5.65 Å². The van der Waals surface area contributed by atoms with Crippen LogP contribution in [0.2, 0.25) is 0 Å². The number of aryl methyl sites for hydroxylation is 1. The average Bonchev–Trinajstić information content (AvgIpc) is 3.34. The van der Waals surface area contributed by atoms with Crippen molar-refractivity contribution in [1.29, 1.82) is 0 Å². The molecule has 2 aromatic carbocycles. The van der Waals surface area contributed by atoms with Crippen LogP contribution in [0.4, 0.5) is 5.69 Å². The number of aromatic nitrogens is 4. The minimum atomic E-state index is -3.60. The fraction of sp³-hybridized carbons (Fsp3) is 0.280. The number of thioether (sulfide) groups is 1. The Bertz CT molecular complexity index is 1500. The lowest BCUT2D eigenvalue weighted by molar-refractivity contribution is -0.113. The number of rotatable bonds is 7. The maximum atomic E-state index is 13.2. The molecule has 1 saturated heterocycles. The van der Waals surface area contributed by atoms with Gasteiger partial charge in [0.1, 0.15) is 11.4 Å². The highest BCUT2D eigenvalue weighted by molar-refractivity contribution is 8.00. The molecular formula is C25H26N6O3S2. The van der Waals surface area contributed by atoms with E-state index in [-0.39, 0.29) is 16.6 Å². The largest absolute Gasteiger partial charge is 0.325 e. The number of para-hydroxylation sites is 1. The van der Waals surface area contributed by atoms with Gasteiger partial charge >= 0.3 is 0 Å². The van der Waals surface area contributed by atoms with Gasteiger partial charge in [-0.05, 0) is 49.6 Å². The van der Waals surface area contributed by atoms with Crippen LogP contribution in [0.25, 0.3) is 16.7 Å². The van der Waals surface area contributed by atoms with E-state index in [4.69, 9.17) is 0 Å². The highest BCUT2D eigenvalue weighted by Crippen LogP contribution is 2.28. The van der Waals surface area contributed by atoms with Gasteiger partial charge in [-0.3, -0.25) is 4.79 Å². The Morgan fingerprint density at radius 3 is 2.61 bits per heavy atom. The highest BCUT2D eigenvalue weighted by atomic mass is 32.2. The molecule has 0 atom stereocenters. The molecule has 0 unspecified atom stereocenters. The summed E-state index contributed by atoms with van der Waals surface area (Å²) in [5.74, 6) is -0.155. The first-order valence-electron chi connectivity index (χ1n) is 11.7. The molecule has 0 aliphatic carbocycles. The number of hydrogen-bond donors (Lipinski definition) is 1. The van der Waals surface area contributed by atoms with Gasteiger partial charge in [0.25, 0.3) is 0 Å². The molecule has 0 bridgehead atoms. The molecule has 11 heteroatoms. The number of anilines is 1. The summed E-state index contributed by atoms with van der Waals surface area (Å²) in [6.07, 6.45) is 5.94. The second-order valence-corrected chi connectivity index (χ2v) is 11.5. The van der Waals surface area contributed by atoms with Gasteiger partial charge in [-0.15, -0.1) is 0 Å². The Kier molecular flexibility index (Phi) is 7.04. The van der Waals surface area contributed by atoms with Gasteiger partial charge in [-0.1, -0.05) is 42.4 Å². The second kappa shape index (κ2) is 10.4. The zero-order valence-electron chi connectivity index (χ0n) is 19.8. The number of hydrogen-bond acceptors (Lipinski definition) is 7. The summed E-state index contributed by atoms with van der Waals surface area (Å²) in [4.78, 5) is 21.7. The van der Waals surface area contributed by atoms with Crippen molar-refractivity contribution in [3.8, 4) is 5.69 Å². The molecule has 0 spiro atoms. The van der Waals surface area contributed by atoms with Crippen LogP contribution < -0.4 is 5.32 Å². The first-order chi connectivity index (χ1) is 17.4. The number of carbonyl (C=O) groups is 1. The Hall–Kier alpha value is -3.28. The van der Waals surface area contributed by atoms with E-state index in [9.17, 15) is 13.2 Å². The summed E-state index contributed by atoms with van der Waals surface area (Å²) in [7, 11) is -3.60. The number of nitrogens with one attached hydrogen (secondary N) is 1. The molecule has 1 N–H and O–H groups in total. The quantitative estimate of drug-likeness (QED) is 0.288. The molecule has 36 heavy (non-hydrogen) atoms. The first-order valence-corrected chi connectivity index (χ1v) is 14.1. The van der Waals surface area contributed by atoms with Crippen LogP contribution in [0.1, 0.15) is 24.8 Å². The maximum absolute atomic E-state index is 13.2. The summed E-state index contributed by atoms with van der Waals surface area (Å²) >= 11 is 1.28. The van der Waals surface area contributed by atoms with Crippen LogP contribution in [-0.2, 0) is 14.8 Å². The zero-order chi connectivity index (χ0) is 25.1. The van der Waals surface area contributed by atoms with Gasteiger partial charge in [0.05, 0.1) is 27.9 Å². The average molecular weight is 523 g/mol. The van der Waals surface area contributed by atoms with Crippen molar-refractivity contribution in [1.82, 2.24) is 24.1 Å². The summed E-state index contributed by atoms with van der Waals surface area (Å²) in [6, 6.07) is 14.7. The maximum Gasteiger partial charge on any atom is 0.243 e. The summed E-state index contributed by atoms with van der Waals surface area (Å²) in [6.45, 7) is 2.83. The van der Waals surface area contributed by atoms with E-state index in [1.54, 1.807) is 36.0 Å². The third-order valence-corrected chi connectivity index (χ3v) is 9.12. The van der Waals surface area contributed by atoms with Crippen LogP contribution in [0.5, 0.6) is 0 Å². The van der Waals surface area contributed by atoms with E-state index in [1.807, 2.05) is 30.3 Å². The monoisotopic (exact) mass is 522 g/mol. The van der Waals surface area contributed by atoms with E-state index in [2.05, 4.69) is 20.4 Å². The number of sulfonamides is 1. The van der Waals surface area contributed by atoms with Crippen molar-refractivity contribution >= 4 is 44.4 Å². The minimum Gasteiger partial charge on any atom is -0.325 e. The van der Waals surface area contributed by atoms with Crippen LogP contribution in [0, 0.1) is 6.92 Å². The molecule has 0 saturated carbocycles. The number of nitrogens with zero attached hydrogens (tertiary/aromatic N) is 5. The number of carbonyl (C=O) groups excluding carboxylic acids is 1. The third-order valence-electron chi connectivity index (χ3n) is 6.07. The molecule has 0 radical (unpaired) electrons. The number of benzene rings is 2. The van der Waals surface area contributed by atoms with Crippen LogP contribution in [0.3, 0.4) is 0 Å². The molecule has 3 heterocycles. The predicted molar refractivity (Wildman–Crippen MR) is 140 cm³/mol. The lowest BCUT2D eigenvalue weighted by atomic mass is 10.2. The van der Waals surface area contributed by atoms with Gasteiger partial charge < -0.3 is 5.32 Å². The van der Waals surface area contributed by atoms with Crippen molar-refractivity contribution in [2.24, 2.45) is 0 Å². The Balaban J connectivity index is 1.29. The van der Waals surface area contributed by atoms with Crippen molar-refractivity contribution in [2.75, 3.05) is 24.2 Å². The molecule has 9 nitrogen and oxygen atoms in total. The standard InChI is InChI=1S/C25H26N6O3S2/c1-18-10-11-19(14-22(18)36(33,34)30-12-6-3-7-13-30)29-23(32)16-35-25-21-15-28-31(24(21)26-17-27-25)20-8-4-2-5-9-20/h2,4-5,8-11,14-15,17H,3,6-7,12-13,16H2,1H3,(H,29,32). The van der Waals surface area contributed by atoms with Gasteiger partial charge in [0, 0.05) is 18.8 Å². The molecule has 1 fully saturated rings. The summed E-state index contributed by atoms with van der Waals surface area (Å²) in [5, 5.41) is 8.67. The van der Waals surface area contributed by atoms with E-state index in [0.717, 1.165) is 30.3 Å². The smallest absolute Gasteiger partial charge is 0.243 e. The second-order valence-electron chi connectivity index (χ2n) is 8.59. The Morgan fingerprint density at radius 1 is 1.06 bits per heavy atom. The van der Waals surface area contributed by atoms with E-state index in [1.165, 1.54) is 22.4 Å². The minimum absolute atomic E-state index is 0.102. The van der Waals surface area contributed by atoms with Crippen LogP contribution in [-0.4, -0.2) is 57.2 Å². The summed E-state index contributed by atoms with van der Waals surface area (Å²) < 4.78 is 29.6. The first kappa shape index (κ1) is 24.4. The lowest BCUT2D eigenvalue weighted by Crippen LogP contribution is -2.36. The van der Waals surface area contributed by atoms with Gasteiger partial charge in [-0.25, -0.2) is 23.1 Å². The van der Waals surface area contributed by atoms with E-state index in [0.29, 0.717) is 35.0 Å². The van der Waals surface area contributed by atoms with Crippen molar-refractivity contribution in [3.63, 3.8) is 0 Å². The summed E-state index contributed by atoms with van der Waals surface area (Å²) in [5.41, 5.74) is 2.65. The Morgan fingerprint density at radius 2 is 1.83 bits per heavy atom. The topological polar surface area (TPSA) is 110 Å². The fourth-order valence-electron chi connectivity index (χ4n) is 4.23. The number of fused-ring (bicyclic) bond motifs is 1. The van der Waals surface area contributed by atoms with Gasteiger partial charge in [-0.2, -0.15) is 9.40 Å². The molecule has 1 aliphatic heterocycles. The van der Waals surface area contributed by atoms with Crippen molar-refractivity contribution in [3.05, 3.63) is 66.6 Å². The number of piperidine rings is 1. The highest BCUT2D eigenvalue weighted by Gasteiger charge is 2.27. The van der Waals surface area contributed by atoms with Crippen LogP contribution >= 0.6 is 11.8 Å². The van der Waals surface area contributed by atoms with E-state index >= 15 is 0 Å². The predicted octanol–water partition coefficient (Wildman–Crippen LogP) is 4.03. The molecular weight excluding hydrogens is 496 g/mol. The molecule has 4 aromatic rings. The fourth-order valence-corrected chi connectivity index (χ4v) is 6.76. The van der Waals surface area contributed by atoms with Crippen molar-refractivity contribution in [2.45, 2.75) is 36.1 Å². The molecule has 1 aliphatic rings. The SMILES string of the molecule is Cc1ccc(NC(=O)CSc2ncnc3c2cnn3-c2ccccc2)cc1S(=O)(=O)N1CCCCC1. The van der Waals surface area contributed by atoms with Crippen molar-refractivity contribution < 1.29 is 13.2 Å². The zero-order valence-corrected chi connectivity index (χ0v) is 21.4. The molecule has 1 amide bonds. The van der Waals surface area contributed by atoms with Gasteiger partial charge in [0.2, 0.25) is 15.9 Å². The van der Waals surface area contributed by atoms with Crippen LogP contribution in [0.15, 0.2) is 71.0 Å².